The molecule has 1 saturated heterocycles. The third kappa shape index (κ3) is 4.97. The van der Waals surface area contributed by atoms with Crippen molar-refractivity contribution in [1.29, 1.82) is 0 Å². The van der Waals surface area contributed by atoms with Gasteiger partial charge in [-0.3, -0.25) is 9.69 Å². The largest absolute Gasteiger partial charge is 0.497 e. The van der Waals surface area contributed by atoms with Gasteiger partial charge in [0.25, 0.3) is 0 Å². The number of rotatable bonds is 5. The predicted octanol–water partition coefficient (Wildman–Crippen LogP) is 4.20. The summed E-state index contributed by atoms with van der Waals surface area (Å²) in [6.07, 6.45) is 1.94. The summed E-state index contributed by atoms with van der Waals surface area (Å²) < 4.78 is 5.20. The lowest BCUT2D eigenvalue weighted by Crippen LogP contribution is -2.40. The molecule has 1 atom stereocenters. The molecule has 1 aliphatic rings. The van der Waals surface area contributed by atoms with Gasteiger partial charge in [-0.25, -0.2) is 0 Å². The molecule has 0 saturated carbocycles. The number of anilines is 1. The van der Waals surface area contributed by atoms with Crippen LogP contribution in [-0.4, -0.2) is 31.0 Å². The topological polar surface area (TPSA) is 41.6 Å². The lowest BCUT2D eigenvalue weighted by atomic mass is 9.96. The molecule has 0 aliphatic carbocycles. The van der Waals surface area contributed by atoms with Crippen LogP contribution in [0.2, 0.25) is 5.02 Å². The van der Waals surface area contributed by atoms with E-state index >= 15 is 0 Å². The van der Waals surface area contributed by atoms with Crippen molar-refractivity contribution in [3.63, 3.8) is 0 Å². The van der Waals surface area contributed by atoms with E-state index in [0.717, 1.165) is 48.9 Å². The number of piperidine rings is 1. The first-order valence-corrected chi connectivity index (χ1v) is 8.93. The smallest absolute Gasteiger partial charge is 0.228 e. The number of carbonyl (C=O) groups excluding carboxylic acids is 1. The van der Waals surface area contributed by atoms with Crippen LogP contribution < -0.4 is 10.1 Å². The molecule has 1 N–H and O–H groups in total. The fraction of sp³-hybridized carbons (Fsp3) is 0.350. The van der Waals surface area contributed by atoms with Crippen molar-refractivity contribution < 1.29 is 9.53 Å². The SMILES string of the molecule is COc1cccc(NC(=O)C2CCCN(Cc3cccc(Cl)c3)C2)c1. The molecule has 1 aliphatic heterocycles. The first kappa shape index (κ1) is 17.8. The Hall–Kier alpha value is -2.04. The van der Waals surface area contributed by atoms with Crippen molar-refractivity contribution in [3.05, 3.63) is 59.1 Å². The zero-order valence-corrected chi connectivity index (χ0v) is 15.1. The minimum Gasteiger partial charge on any atom is -0.497 e. The second-order valence-corrected chi connectivity index (χ2v) is 6.86. The van der Waals surface area contributed by atoms with Gasteiger partial charge >= 0.3 is 0 Å². The Kier molecular flexibility index (Phi) is 5.95. The fourth-order valence-corrected chi connectivity index (χ4v) is 3.46. The van der Waals surface area contributed by atoms with Crippen molar-refractivity contribution in [1.82, 2.24) is 4.90 Å². The van der Waals surface area contributed by atoms with Crippen molar-refractivity contribution in [3.8, 4) is 5.75 Å². The van der Waals surface area contributed by atoms with Crippen LogP contribution in [0.1, 0.15) is 18.4 Å². The molecular weight excluding hydrogens is 336 g/mol. The zero-order valence-electron chi connectivity index (χ0n) is 14.4. The van der Waals surface area contributed by atoms with Crippen LogP contribution in [0.4, 0.5) is 5.69 Å². The highest BCUT2D eigenvalue weighted by Crippen LogP contribution is 2.23. The lowest BCUT2D eigenvalue weighted by Gasteiger charge is -2.32. The second kappa shape index (κ2) is 8.37. The summed E-state index contributed by atoms with van der Waals surface area (Å²) in [5.41, 5.74) is 1.96. The van der Waals surface area contributed by atoms with Crippen LogP contribution >= 0.6 is 11.6 Å². The molecule has 2 aromatic carbocycles. The van der Waals surface area contributed by atoms with Gasteiger partial charge in [-0.2, -0.15) is 0 Å². The Labute approximate surface area is 153 Å². The number of likely N-dealkylation sites (tertiary alicyclic amines) is 1. The number of amides is 1. The van der Waals surface area contributed by atoms with Crippen LogP contribution in [0.15, 0.2) is 48.5 Å². The van der Waals surface area contributed by atoms with Gasteiger partial charge in [0.05, 0.1) is 13.0 Å². The fourth-order valence-electron chi connectivity index (χ4n) is 3.25. The normalized spacial score (nSPS) is 17.9. The van der Waals surface area contributed by atoms with Crippen LogP contribution in [0.25, 0.3) is 0 Å². The van der Waals surface area contributed by atoms with Crippen LogP contribution in [0, 0.1) is 5.92 Å². The minimum atomic E-state index is -0.000801. The maximum Gasteiger partial charge on any atom is 0.228 e. The molecule has 1 amide bonds. The molecule has 2 aromatic rings. The van der Waals surface area contributed by atoms with Gasteiger partial charge in [-0.1, -0.05) is 29.8 Å². The summed E-state index contributed by atoms with van der Waals surface area (Å²) in [6.45, 7) is 2.60. The molecule has 1 heterocycles. The van der Waals surface area contributed by atoms with Gasteiger partial charge in [-0.05, 0) is 49.2 Å². The number of hydrogen-bond acceptors (Lipinski definition) is 3. The molecule has 0 bridgehead atoms. The van der Waals surface area contributed by atoms with E-state index in [1.54, 1.807) is 7.11 Å². The average Bonchev–Trinajstić information content (AvgIpc) is 2.62. The van der Waals surface area contributed by atoms with Crippen LogP contribution in [0.3, 0.4) is 0 Å². The minimum absolute atomic E-state index is 0.000801. The van der Waals surface area contributed by atoms with E-state index < -0.39 is 0 Å². The molecular formula is C20H23ClN2O2. The van der Waals surface area contributed by atoms with E-state index in [2.05, 4.69) is 16.3 Å². The number of nitrogens with zero attached hydrogens (tertiary/aromatic N) is 1. The number of hydrogen-bond donors (Lipinski definition) is 1. The van der Waals surface area contributed by atoms with E-state index in [1.807, 2.05) is 42.5 Å². The quantitative estimate of drug-likeness (QED) is 0.870. The van der Waals surface area contributed by atoms with Crippen molar-refractivity contribution >= 4 is 23.2 Å². The Balaban J connectivity index is 1.59. The molecule has 0 spiro atoms. The third-order valence-electron chi connectivity index (χ3n) is 4.51. The first-order chi connectivity index (χ1) is 12.1. The van der Waals surface area contributed by atoms with Gasteiger partial charge in [-0.15, -0.1) is 0 Å². The Bertz CT molecular complexity index is 735. The van der Waals surface area contributed by atoms with Crippen molar-refractivity contribution in [2.75, 3.05) is 25.5 Å². The summed E-state index contributed by atoms with van der Waals surface area (Å²) in [6, 6.07) is 15.4. The zero-order chi connectivity index (χ0) is 17.6. The molecule has 132 valence electrons. The highest BCUT2D eigenvalue weighted by atomic mass is 35.5. The summed E-state index contributed by atoms with van der Waals surface area (Å²) >= 11 is 6.06. The molecule has 0 radical (unpaired) electrons. The van der Waals surface area contributed by atoms with Crippen molar-refractivity contribution in [2.45, 2.75) is 19.4 Å². The molecule has 3 rings (SSSR count). The number of halogens is 1. The maximum absolute atomic E-state index is 12.6. The lowest BCUT2D eigenvalue weighted by molar-refractivity contribution is -0.121. The number of carbonyl (C=O) groups is 1. The van der Waals surface area contributed by atoms with Gasteiger partial charge < -0.3 is 10.1 Å². The Morgan fingerprint density at radius 1 is 1.28 bits per heavy atom. The van der Waals surface area contributed by atoms with E-state index in [9.17, 15) is 4.79 Å². The van der Waals surface area contributed by atoms with Crippen LogP contribution in [0.5, 0.6) is 5.75 Å². The van der Waals surface area contributed by atoms with E-state index in [-0.39, 0.29) is 11.8 Å². The van der Waals surface area contributed by atoms with Crippen molar-refractivity contribution in [2.24, 2.45) is 5.92 Å². The standard InChI is InChI=1S/C20H23ClN2O2/c1-25-19-9-3-8-18(12-19)22-20(24)16-6-4-10-23(14-16)13-15-5-2-7-17(21)11-15/h2-3,5,7-9,11-12,16H,4,6,10,13-14H2,1H3,(H,22,24). The predicted molar refractivity (Wildman–Crippen MR) is 101 cm³/mol. The molecule has 4 nitrogen and oxygen atoms in total. The average molecular weight is 359 g/mol. The number of benzene rings is 2. The van der Waals surface area contributed by atoms with Gasteiger partial charge in [0.1, 0.15) is 5.75 Å². The van der Waals surface area contributed by atoms with Gasteiger partial charge in [0.15, 0.2) is 0 Å². The highest BCUT2D eigenvalue weighted by Gasteiger charge is 2.26. The van der Waals surface area contributed by atoms with E-state index in [1.165, 1.54) is 5.56 Å². The molecule has 1 unspecified atom stereocenters. The first-order valence-electron chi connectivity index (χ1n) is 8.56. The number of ether oxygens (including phenoxy) is 1. The Morgan fingerprint density at radius 3 is 2.92 bits per heavy atom. The molecule has 1 fully saturated rings. The summed E-state index contributed by atoms with van der Waals surface area (Å²) in [5.74, 6) is 0.812. The highest BCUT2D eigenvalue weighted by molar-refractivity contribution is 6.30. The molecule has 5 heteroatoms. The molecule has 25 heavy (non-hydrogen) atoms. The monoisotopic (exact) mass is 358 g/mol. The third-order valence-corrected chi connectivity index (χ3v) is 4.74. The van der Waals surface area contributed by atoms with Gasteiger partial charge in [0, 0.05) is 29.9 Å². The van der Waals surface area contributed by atoms with E-state index in [4.69, 9.17) is 16.3 Å². The summed E-state index contributed by atoms with van der Waals surface area (Å²) in [4.78, 5) is 14.9. The van der Waals surface area contributed by atoms with Crippen LogP contribution in [-0.2, 0) is 11.3 Å². The molecule has 0 aromatic heterocycles. The maximum atomic E-state index is 12.6. The number of methoxy groups -OCH3 is 1. The summed E-state index contributed by atoms with van der Waals surface area (Å²) in [7, 11) is 1.62. The Morgan fingerprint density at radius 2 is 2.12 bits per heavy atom. The van der Waals surface area contributed by atoms with E-state index in [0.29, 0.717) is 0 Å². The van der Waals surface area contributed by atoms with Gasteiger partial charge in [0.2, 0.25) is 5.91 Å². The summed E-state index contributed by atoms with van der Waals surface area (Å²) in [5, 5.41) is 3.76. The second-order valence-electron chi connectivity index (χ2n) is 6.43. The number of nitrogens with one attached hydrogen (secondary N) is 1.